The summed E-state index contributed by atoms with van der Waals surface area (Å²) in [7, 11) is 0. The topological polar surface area (TPSA) is 111 Å². The van der Waals surface area contributed by atoms with Gasteiger partial charge in [-0.3, -0.25) is 19.7 Å². The maximum absolute atomic E-state index is 11.6. The monoisotopic (exact) mass is 440 g/mol. The highest BCUT2D eigenvalue weighted by Gasteiger charge is 2.25. The van der Waals surface area contributed by atoms with E-state index in [1.807, 2.05) is 4.90 Å². The molecule has 0 saturated carbocycles. The van der Waals surface area contributed by atoms with E-state index in [0.717, 1.165) is 30.2 Å². The number of hydrogen-bond acceptors (Lipinski definition) is 8. The SMILES string of the molecule is CC(=O)N1CCC(Oc2cc(Oc3ccc(/C=C4/SC(=O)NC4=O)cc3)ncn2)CC1. The van der Waals surface area contributed by atoms with Crippen molar-refractivity contribution in [2.75, 3.05) is 13.1 Å². The van der Waals surface area contributed by atoms with E-state index in [1.165, 1.54) is 6.33 Å². The Bertz CT molecular complexity index is 1030. The number of carbonyl (C=O) groups is 3. The van der Waals surface area contributed by atoms with E-state index in [9.17, 15) is 14.4 Å². The molecule has 3 amide bonds. The molecule has 2 saturated heterocycles. The van der Waals surface area contributed by atoms with Crippen LogP contribution in [0.15, 0.2) is 41.6 Å². The summed E-state index contributed by atoms with van der Waals surface area (Å²) < 4.78 is 11.7. The minimum absolute atomic E-state index is 0.0109. The Morgan fingerprint density at radius 3 is 2.52 bits per heavy atom. The van der Waals surface area contributed by atoms with Crippen molar-refractivity contribution in [3.05, 3.63) is 47.1 Å². The van der Waals surface area contributed by atoms with E-state index in [1.54, 1.807) is 43.3 Å². The molecule has 2 fully saturated rings. The van der Waals surface area contributed by atoms with E-state index in [-0.39, 0.29) is 17.3 Å². The highest BCUT2D eigenvalue weighted by Crippen LogP contribution is 2.27. The van der Waals surface area contributed by atoms with Crippen LogP contribution in [0.5, 0.6) is 17.5 Å². The molecule has 4 rings (SSSR count). The lowest BCUT2D eigenvalue weighted by Crippen LogP contribution is -2.40. The molecule has 2 aromatic rings. The number of carbonyl (C=O) groups excluding carboxylic acids is 3. The lowest BCUT2D eigenvalue weighted by atomic mass is 10.1. The zero-order valence-corrected chi connectivity index (χ0v) is 17.6. The van der Waals surface area contributed by atoms with Crippen molar-refractivity contribution in [2.45, 2.75) is 25.9 Å². The third-order valence-electron chi connectivity index (χ3n) is 4.83. The highest BCUT2D eigenvalue weighted by atomic mass is 32.2. The Balaban J connectivity index is 1.36. The first-order valence-corrected chi connectivity index (χ1v) is 10.5. The minimum atomic E-state index is -0.393. The number of amides is 3. The molecule has 0 spiro atoms. The van der Waals surface area contributed by atoms with Crippen LogP contribution < -0.4 is 14.8 Å². The van der Waals surface area contributed by atoms with Gasteiger partial charge in [-0.25, -0.2) is 9.97 Å². The van der Waals surface area contributed by atoms with Gasteiger partial charge in [0.15, 0.2) is 0 Å². The first-order chi connectivity index (χ1) is 15.0. The van der Waals surface area contributed by atoms with E-state index < -0.39 is 5.91 Å². The average molecular weight is 440 g/mol. The van der Waals surface area contributed by atoms with Crippen LogP contribution in [-0.2, 0) is 9.59 Å². The Kier molecular flexibility index (Phi) is 6.17. The molecule has 1 aromatic heterocycles. The van der Waals surface area contributed by atoms with Crippen molar-refractivity contribution in [1.82, 2.24) is 20.2 Å². The molecule has 1 aromatic carbocycles. The molecule has 31 heavy (non-hydrogen) atoms. The summed E-state index contributed by atoms with van der Waals surface area (Å²) in [4.78, 5) is 44.7. The molecular weight excluding hydrogens is 420 g/mol. The number of aromatic nitrogens is 2. The number of likely N-dealkylation sites (tertiary alicyclic amines) is 1. The van der Waals surface area contributed by atoms with E-state index >= 15 is 0 Å². The van der Waals surface area contributed by atoms with E-state index in [2.05, 4.69) is 15.3 Å². The molecule has 0 radical (unpaired) electrons. The van der Waals surface area contributed by atoms with Gasteiger partial charge in [0.2, 0.25) is 17.7 Å². The van der Waals surface area contributed by atoms with Crippen LogP contribution in [0.4, 0.5) is 4.79 Å². The van der Waals surface area contributed by atoms with Crippen LogP contribution in [-0.4, -0.2) is 51.1 Å². The van der Waals surface area contributed by atoms with Crippen molar-refractivity contribution >= 4 is 34.9 Å². The lowest BCUT2D eigenvalue weighted by Gasteiger charge is -2.31. The van der Waals surface area contributed by atoms with Crippen molar-refractivity contribution in [3.8, 4) is 17.5 Å². The number of hydrogen-bond donors (Lipinski definition) is 1. The standard InChI is InChI=1S/C21H20N4O5S/c1-13(26)25-8-6-16(7-9-25)30-19-11-18(22-12-23-19)29-15-4-2-14(3-5-15)10-17-20(27)24-21(28)31-17/h2-5,10-12,16H,6-9H2,1H3,(H,24,27,28)/b17-10+. The van der Waals surface area contributed by atoms with Crippen molar-refractivity contribution in [3.63, 3.8) is 0 Å². The predicted octanol–water partition coefficient (Wildman–Crippen LogP) is 2.98. The van der Waals surface area contributed by atoms with E-state index in [4.69, 9.17) is 9.47 Å². The maximum atomic E-state index is 11.6. The normalized spacial score (nSPS) is 18.2. The molecule has 3 heterocycles. The number of nitrogens with one attached hydrogen (secondary N) is 1. The second kappa shape index (κ2) is 9.17. The quantitative estimate of drug-likeness (QED) is 0.707. The van der Waals surface area contributed by atoms with Crippen molar-refractivity contribution in [2.24, 2.45) is 0 Å². The van der Waals surface area contributed by atoms with Crippen LogP contribution in [0, 0.1) is 0 Å². The molecule has 0 unspecified atom stereocenters. The Hall–Kier alpha value is -3.40. The first kappa shape index (κ1) is 20.9. The third kappa shape index (κ3) is 5.40. The molecule has 0 atom stereocenters. The summed E-state index contributed by atoms with van der Waals surface area (Å²) >= 11 is 0.873. The first-order valence-electron chi connectivity index (χ1n) is 9.73. The average Bonchev–Trinajstić information content (AvgIpc) is 3.07. The summed E-state index contributed by atoms with van der Waals surface area (Å²) in [5, 5.41) is 1.85. The molecule has 2 aliphatic rings. The van der Waals surface area contributed by atoms with Gasteiger partial charge >= 0.3 is 0 Å². The number of nitrogens with zero attached hydrogens (tertiary/aromatic N) is 3. The van der Waals surface area contributed by atoms with Crippen LogP contribution >= 0.6 is 11.8 Å². The third-order valence-corrected chi connectivity index (χ3v) is 5.64. The second-order valence-corrected chi connectivity index (χ2v) is 8.06. The van der Waals surface area contributed by atoms with Crippen LogP contribution in [0.3, 0.4) is 0 Å². The number of imide groups is 1. The van der Waals surface area contributed by atoms with Gasteiger partial charge in [-0.15, -0.1) is 0 Å². The van der Waals surface area contributed by atoms with E-state index in [0.29, 0.717) is 35.5 Å². The molecule has 0 bridgehead atoms. The fourth-order valence-electron chi connectivity index (χ4n) is 3.23. The zero-order chi connectivity index (χ0) is 21.8. The molecule has 160 valence electrons. The summed E-state index contributed by atoms with van der Waals surface area (Å²) in [6.45, 7) is 2.92. The lowest BCUT2D eigenvalue weighted by molar-refractivity contribution is -0.130. The van der Waals surface area contributed by atoms with Crippen molar-refractivity contribution in [1.29, 1.82) is 0 Å². The fraction of sp³-hybridized carbons (Fsp3) is 0.286. The molecule has 2 aliphatic heterocycles. The highest BCUT2D eigenvalue weighted by molar-refractivity contribution is 8.18. The Morgan fingerprint density at radius 2 is 1.87 bits per heavy atom. The van der Waals surface area contributed by atoms with Gasteiger partial charge in [0.1, 0.15) is 18.2 Å². The summed E-state index contributed by atoms with van der Waals surface area (Å²) in [6, 6.07) is 8.66. The molecular formula is C21H20N4O5S. The van der Waals surface area contributed by atoms with Gasteiger partial charge in [-0.2, -0.15) is 0 Å². The summed E-state index contributed by atoms with van der Waals surface area (Å²) in [6.07, 6.45) is 4.50. The van der Waals surface area contributed by atoms with Gasteiger partial charge in [-0.1, -0.05) is 12.1 Å². The smallest absolute Gasteiger partial charge is 0.290 e. The molecule has 1 N–H and O–H groups in total. The summed E-state index contributed by atoms with van der Waals surface area (Å²) in [5.74, 6) is 1.00. The van der Waals surface area contributed by atoms with Gasteiger partial charge in [0.25, 0.3) is 11.1 Å². The number of piperidine rings is 1. The number of ether oxygens (including phenoxy) is 2. The van der Waals surface area contributed by atoms with Gasteiger partial charge < -0.3 is 14.4 Å². The fourth-order valence-corrected chi connectivity index (χ4v) is 3.91. The van der Waals surface area contributed by atoms with Gasteiger partial charge in [0.05, 0.1) is 11.0 Å². The second-order valence-electron chi connectivity index (χ2n) is 7.04. The predicted molar refractivity (Wildman–Crippen MR) is 114 cm³/mol. The Morgan fingerprint density at radius 1 is 1.16 bits per heavy atom. The van der Waals surface area contributed by atoms with Gasteiger partial charge in [-0.05, 0) is 35.5 Å². The van der Waals surface area contributed by atoms with Crippen molar-refractivity contribution < 1.29 is 23.9 Å². The van der Waals surface area contributed by atoms with Crippen LogP contribution in [0.2, 0.25) is 0 Å². The largest absolute Gasteiger partial charge is 0.474 e. The van der Waals surface area contributed by atoms with Crippen LogP contribution in [0.1, 0.15) is 25.3 Å². The number of thioether (sulfide) groups is 1. The molecule has 0 aliphatic carbocycles. The van der Waals surface area contributed by atoms with Gasteiger partial charge in [0, 0.05) is 32.9 Å². The van der Waals surface area contributed by atoms with Crippen LogP contribution in [0.25, 0.3) is 6.08 Å². The maximum Gasteiger partial charge on any atom is 0.290 e. The summed E-state index contributed by atoms with van der Waals surface area (Å²) in [5.41, 5.74) is 0.767. The number of rotatable bonds is 5. The zero-order valence-electron chi connectivity index (χ0n) is 16.7. The Labute approximate surface area is 182 Å². The molecule has 10 heteroatoms. The number of benzene rings is 1. The molecule has 9 nitrogen and oxygen atoms in total. The minimum Gasteiger partial charge on any atom is -0.474 e.